The number of nitrogens with one attached hydrogen (secondary N) is 1. The van der Waals surface area contributed by atoms with Gasteiger partial charge in [-0.3, -0.25) is 19.3 Å². The number of ether oxygens (including phenoxy) is 2. The van der Waals surface area contributed by atoms with Gasteiger partial charge in [0.15, 0.2) is 6.61 Å². The van der Waals surface area contributed by atoms with Crippen molar-refractivity contribution in [2.75, 3.05) is 35.7 Å². The second kappa shape index (κ2) is 9.93. The van der Waals surface area contributed by atoms with Gasteiger partial charge in [0.2, 0.25) is 5.91 Å². The normalized spacial score (nSPS) is 12.4. The molecule has 2 aromatic carbocycles. The largest absolute Gasteiger partial charge is 0.465 e. The Bertz CT molecular complexity index is 963. The number of esters is 2. The Labute approximate surface area is 177 Å². The molecule has 0 radical (unpaired) electrons. The highest BCUT2D eigenvalue weighted by atomic mass is 32.2. The van der Waals surface area contributed by atoms with E-state index in [2.05, 4.69) is 5.32 Å². The molecule has 0 fully saturated rings. The topological polar surface area (TPSA) is 102 Å². The first-order chi connectivity index (χ1) is 14.5. The molecule has 0 spiro atoms. The van der Waals surface area contributed by atoms with Crippen molar-refractivity contribution in [3.8, 4) is 0 Å². The number of carbonyl (C=O) groups excluding carboxylic acids is 4. The van der Waals surface area contributed by atoms with E-state index in [0.29, 0.717) is 17.1 Å². The van der Waals surface area contributed by atoms with E-state index in [1.165, 1.54) is 22.7 Å². The van der Waals surface area contributed by atoms with Crippen molar-refractivity contribution in [2.45, 2.75) is 11.8 Å². The first-order valence-corrected chi connectivity index (χ1v) is 10.2. The lowest BCUT2D eigenvalue weighted by Crippen LogP contribution is -2.39. The monoisotopic (exact) mass is 428 g/mol. The van der Waals surface area contributed by atoms with Crippen LogP contribution in [0.1, 0.15) is 17.3 Å². The highest BCUT2D eigenvalue weighted by Crippen LogP contribution is 2.32. The van der Waals surface area contributed by atoms with E-state index >= 15 is 0 Å². The molecule has 1 aliphatic heterocycles. The van der Waals surface area contributed by atoms with Crippen LogP contribution in [0.4, 0.5) is 11.4 Å². The smallest absolute Gasteiger partial charge is 0.338 e. The lowest BCUT2D eigenvalue weighted by atomic mass is 10.2. The average molecular weight is 428 g/mol. The van der Waals surface area contributed by atoms with Gasteiger partial charge in [0.1, 0.15) is 6.54 Å². The Morgan fingerprint density at radius 2 is 1.87 bits per heavy atom. The molecule has 0 bridgehead atoms. The van der Waals surface area contributed by atoms with Crippen LogP contribution in [0.15, 0.2) is 53.4 Å². The predicted octanol–water partition coefficient (Wildman–Crippen LogP) is 2.48. The average Bonchev–Trinajstić information content (AvgIpc) is 2.75. The van der Waals surface area contributed by atoms with Crippen molar-refractivity contribution >= 4 is 46.9 Å². The number of hydrogen-bond donors (Lipinski definition) is 1. The van der Waals surface area contributed by atoms with E-state index in [9.17, 15) is 19.2 Å². The maximum Gasteiger partial charge on any atom is 0.338 e. The maximum absolute atomic E-state index is 12.7. The van der Waals surface area contributed by atoms with Crippen molar-refractivity contribution in [3.05, 3.63) is 54.1 Å². The fourth-order valence-electron chi connectivity index (χ4n) is 2.77. The van der Waals surface area contributed by atoms with E-state index in [0.717, 1.165) is 4.90 Å². The molecule has 0 saturated carbocycles. The highest BCUT2D eigenvalue weighted by molar-refractivity contribution is 8.00. The molecular formula is C21H20N2O6S. The molecule has 30 heavy (non-hydrogen) atoms. The molecule has 1 aliphatic rings. The summed E-state index contributed by atoms with van der Waals surface area (Å²) in [4.78, 5) is 50.6. The molecule has 0 atom stereocenters. The molecule has 1 N–H and O–H groups in total. The number of fused-ring (bicyclic) bond motifs is 1. The van der Waals surface area contributed by atoms with Gasteiger partial charge >= 0.3 is 11.9 Å². The Morgan fingerprint density at radius 3 is 2.60 bits per heavy atom. The van der Waals surface area contributed by atoms with Crippen molar-refractivity contribution in [1.82, 2.24) is 0 Å². The first-order valence-electron chi connectivity index (χ1n) is 9.22. The Balaban J connectivity index is 1.67. The Hall–Kier alpha value is -3.33. The highest BCUT2D eigenvalue weighted by Gasteiger charge is 2.22. The van der Waals surface area contributed by atoms with Gasteiger partial charge in [-0.1, -0.05) is 18.2 Å². The number of anilines is 2. The molecule has 2 amide bonds. The summed E-state index contributed by atoms with van der Waals surface area (Å²) >= 11 is 1.38. The summed E-state index contributed by atoms with van der Waals surface area (Å²) in [7, 11) is 0. The van der Waals surface area contributed by atoms with Gasteiger partial charge in [-0.05, 0) is 37.3 Å². The van der Waals surface area contributed by atoms with Gasteiger partial charge in [0.25, 0.3) is 5.91 Å². The molecule has 1 heterocycles. The molecule has 9 heteroatoms. The van der Waals surface area contributed by atoms with Crippen LogP contribution in [0, 0.1) is 0 Å². The van der Waals surface area contributed by atoms with Gasteiger partial charge in [-0.25, -0.2) is 4.79 Å². The van der Waals surface area contributed by atoms with Gasteiger partial charge < -0.3 is 14.8 Å². The van der Waals surface area contributed by atoms with Crippen LogP contribution in [0.2, 0.25) is 0 Å². The zero-order valence-electron chi connectivity index (χ0n) is 16.3. The minimum Gasteiger partial charge on any atom is -0.465 e. The quantitative estimate of drug-likeness (QED) is 0.676. The number of benzene rings is 2. The third kappa shape index (κ3) is 5.38. The van der Waals surface area contributed by atoms with Crippen molar-refractivity contribution in [1.29, 1.82) is 0 Å². The van der Waals surface area contributed by atoms with Gasteiger partial charge in [0.05, 0.1) is 23.6 Å². The number of rotatable bonds is 7. The van der Waals surface area contributed by atoms with Crippen LogP contribution in [0.25, 0.3) is 0 Å². The predicted molar refractivity (Wildman–Crippen MR) is 112 cm³/mol. The van der Waals surface area contributed by atoms with E-state index < -0.39 is 24.5 Å². The maximum atomic E-state index is 12.7. The number of nitrogens with zero attached hydrogens (tertiary/aromatic N) is 1. The summed E-state index contributed by atoms with van der Waals surface area (Å²) in [6, 6.07) is 13.4. The van der Waals surface area contributed by atoms with Crippen LogP contribution >= 0.6 is 11.8 Å². The molecule has 0 unspecified atom stereocenters. The standard InChI is InChI=1S/C21H20N2O6S/c1-2-28-20(26)11-23(15-6-4-3-5-7-15)19(25)12-29-21(27)14-8-9-17-16(10-14)22-18(24)13-30-17/h3-10H,2,11-13H2,1H3,(H,22,24). The fraction of sp³-hybridized carbons (Fsp3) is 0.238. The van der Waals surface area contributed by atoms with Gasteiger partial charge in [-0.15, -0.1) is 11.8 Å². The Kier molecular flexibility index (Phi) is 7.08. The lowest BCUT2D eigenvalue weighted by molar-refractivity contribution is -0.142. The van der Waals surface area contributed by atoms with Crippen LogP contribution in [0.3, 0.4) is 0 Å². The zero-order valence-corrected chi connectivity index (χ0v) is 17.1. The molecule has 0 saturated heterocycles. The van der Waals surface area contributed by atoms with Crippen LogP contribution in [-0.4, -0.2) is 49.3 Å². The molecule has 8 nitrogen and oxygen atoms in total. The Morgan fingerprint density at radius 1 is 1.10 bits per heavy atom. The number of para-hydroxylation sites is 1. The molecular weight excluding hydrogens is 408 g/mol. The van der Waals surface area contributed by atoms with Gasteiger partial charge in [0, 0.05) is 10.6 Å². The van der Waals surface area contributed by atoms with Crippen LogP contribution in [0.5, 0.6) is 0 Å². The SMILES string of the molecule is CCOC(=O)CN(C(=O)COC(=O)c1ccc2c(c1)NC(=O)CS2)c1ccccc1. The van der Waals surface area contributed by atoms with Crippen molar-refractivity contribution < 1.29 is 28.7 Å². The number of thioether (sulfide) groups is 1. The second-order valence-corrected chi connectivity index (χ2v) is 7.26. The zero-order chi connectivity index (χ0) is 21.5. The van der Waals surface area contributed by atoms with Crippen molar-refractivity contribution in [3.63, 3.8) is 0 Å². The third-order valence-electron chi connectivity index (χ3n) is 4.14. The third-order valence-corrected chi connectivity index (χ3v) is 5.21. The van der Waals surface area contributed by atoms with E-state index in [1.807, 2.05) is 0 Å². The lowest BCUT2D eigenvalue weighted by Gasteiger charge is -2.22. The fourth-order valence-corrected chi connectivity index (χ4v) is 3.55. The minimum absolute atomic E-state index is 0.148. The molecule has 0 aliphatic carbocycles. The molecule has 156 valence electrons. The summed E-state index contributed by atoms with van der Waals surface area (Å²) in [6.45, 7) is 1.02. The molecule has 2 aromatic rings. The number of hydrogen-bond acceptors (Lipinski definition) is 7. The number of carbonyl (C=O) groups is 4. The molecule has 0 aromatic heterocycles. The number of amides is 2. The van der Waals surface area contributed by atoms with Gasteiger partial charge in [-0.2, -0.15) is 0 Å². The summed E-state index contributed by atoms with van der Waals surface area (Å²) in [5.41, 5.74) is 1.23. The first kappa shape index (κ1) is 21.4. The molecule has 3 rings (SSSR count). The summed E-state index contributed by atoms with van der Waals surface area (Å²) in [5, 5.41) is 2.70. The minimum atomic E-state index is -0.708. The van der Waals surface area contributed by atoms with E-state index in [-0.39, 0.29) is 24.6 Å². The van der Waals surface area contributed by atoms with E-state index in [1.54, 1.807) is 49.4 Å². The summed E-state index contributed by atoms with van der Waals surface area (Å²) in [6.07, 6.45) is 0. The van der Waals surface area contributed by atoms with E-state index in [4.69, 9.17) is 9.47 Å². The summed E-state index contributed by atoms with van der Waals surface area (Å²) in [5.74, 6) is -1.67. The van der Waals surface area contributed by atoms with Crippen molar-refractivity contribution in [2.24, 2.45) is 0 Å². The van der Waals surface area contributed by atoms with Crippen LogP contribution in [-0.2, 0) is 23.9 Å². The summed E-state index contributed by atoms with van der Waals surface area (Å²) < 4.78 is 10.1. The van der Waals surface area contributed by atoms with Crippen LogP contribution < -0.4 is 10.2 Å². The second-order valence-electron chi connectivity index (χ2n) is 6.24.